The Hall–Kier alpha value is -1.52. The summed E-state index contributed by atoms with van der Waals surface area (Å²) in [5.74, 6) is 1.00. The number of aromatic nitrogens is 2. The molecule has 0 radical (unpaired) electrons. The van der Waals surface area contributed by atoms with Gasteiger partial charge < -0.3 is 9.84 Å². The minimum atomic E-state index is -0.495. The predicted octanol–water partition coefficient (Wildman–Crippen LogP) is 2.54. The van der Waals surface area contributed by atoms with Gasteiger partial charge in [0.05, 0.1) is 29.1 Å². The lowest BCUT2D eigenvalue weighted by Gasteiger charge is -2.28. The monoisotopic (exact) mass is 306 g/mol. The standard InChI is InChI=1S/C16H19ClN2O2/c1-10-16(17)13(19(2)18-10)8-14(20)12-7-11-5-3-4-6-15(11)21-9-12/h3-6,12,14,20H,7-9H2,1-2H3. The zero-order valence-electron chi connectivity index (χ0n) is 12.2. The normalized spacial score (nSPS) is 19.0. The third-order valence-corrected chi connectivity index (χ3v) is 4.61. The minimum Gasteiger partial charge on any atom is -0.493 e. The van der Waals surface area contributed by atoms with E-state index in [1.165, 1.54) is 0 Å². The number of aliphatic hydroxyl groups is 1. The molecule has 2 heterocycles. The van der Waals surface area contributed by atoms with E-state index in [1.807, 2.05) is 32.2 Å². The highest BCUT2D eigenvalue weighted by molar-refractivity contribution is 6.31. The molecule has 2 atom stereocenters. The number of hydrogen-bond acceptors (Lipinski definition) is 3. The van der Waals surface area contributed by atoms with Gasteiger partial charge in [-0.05, 0) is 25.0 Å². The van der Waals surface area contributed by atoms with Crippen molar-refractivity contribution in [3.05, 3.63) is 46.2 Å². The van der Waals surface area contributed by atoms with E-state index in [-0.39, 0.29) is 5.92 Å². The Kier molecular flexibility index (Phi) is 3.91. The molecule has 112 valence electrons. The first-order valence-electron chi connectivity index (χ1n) is 7.13. The van der Waals surface area contributed by atoms with Crippen molar-refractivity contribution in [2.75, 3.05) is 6.61 Å². The maximum absolute atomic E-state index is 10.5. The minimum absolute atomic E-state index is 0.0752. The van der Waals surface area contributed by atoms with E-state index in [4.69, 9.17) is 16.3 Å². The van der Waals surface area contributed by atoms with E-state index < -0.39 is 6.10 Å². The molecular formula is C16H19ClN2O2. The van der Waals surface area contributed by atoms with Gasteiger partial charge in [-0.25, -0.2) is 0 Å². The third-order valence-electron chi connectivity index (χ3n) is 4.12. The maximum atomic E-state index is 10.5. The van der Waals surface area contributed by atoms with Crippen LogP contribution in [0.3, 0.4) is 0 Å². The Morgan fingerprint density at radius 2 is 2.24 bits per heavy atom. The molecule has 2 aromatic rings. The lowest BCUT2D eigenvalue weighted by Crippen LogP contribution is -2.33. The summed E-state index contributed by atoms with van der Waals surface area (Å²) in [5.41, 5.74) is 2.83. The van der Waals surface area contributed by atoms with Crippen molar-refractivity contribution >= 4 is 11.6 Å². The van der Waals surface area contributed by atoms with E-state index in [2.05, 4.69) is 11.2 Å². The topological polar surface area (TPSA) is 47.3 Å². The Balaban J connectivity index is 1.73. The second-order valence-corrected chi connectivity index (χ2v) is 6.00. The van der Waals surface area contributed by atoms with Crippen molar-refractivity contribution in [3.63, 3.8) is 0 Å². The van der Waals surface area contributed by atoms with Crippen LogP contribution < -0.4 is 4.74 Å². The molecule has 0 saturated carbocycles. The highest BCUT2D eigenvalue weighted by Crippen LogP contribution is 2.30. The first-order valence-corrected chi connectivity index (χ1v) is 7.50. The molecule has 0 saturated heterocycles. The summed E-state index contributed by atoms with van der Waals surface area (Å²) in [6, 6.07) is 7.99. The van der Waals surface area contributed by atoms with Crippen LogP contribution >= 0.6 is 11.6 Å². The molecule has 1 aliphatic rings. The summed E-state index contributed by atoms with van der Waals surface area (Å²) >= 11 is 6.25. The molecule has 0 fully saturated rings. The van der Waals surface area contributed by atoms with E-state index >= 15 is 0 Å². The van der Waals surface area contributed by atoms with Crippen LogP contribution in [0.5, 0.6) is 5.75 Å². The van der Waals surface area contributed by atoms with Gasteiger partial charge in [0.15, 0.2) is 0 Å². The first kappa shape index (κ1) is 14.4. The summed E-state index contributed by atoms with van der Waals surface area (Å²) < 4.78 is 7.49. The van der Waals surface area contributed by atoms with Gasteiger partial charge in [-0.1, -0.05) is 29.8 Å². The van der Waals surface area contributed by atoms with Crippen LogP contribution in [0.1, 0.15) is 17.0 Å². The third kappa shape index (κ3) is 2.78. The SMILES string of the molecule is Cc1nn(C)c(CC(O)C2COc3ccccc3C2)c1Cl. The molecule has 1 N–H and O–H groups in total. The molecule has 2 unspecified atom stereocenters. The fourth-order valence-electron chi connectivity index (χ4n) is 2.87. The lowest BCUT2D eigenvalue weighted by molar-refractivity contribution is 0.0639. The Morgan fingerprint density at radius 1 is 1.48 bits per heavy atom. The highest BCUT2D eigenvalue weighted by atomic mass is 35.5. The van der Waals surface area contributed by atoms with Crippen LogP contribution in [-0.2, 0) is 19.9 Å². The number of fused-ring (bicyclic) bond motifs is 1. The zero-order chi connectivity index (χ0) is 15.0. The molecule has 1 aromatic carbocycles. The summed E-state index contributed by atoms with van der Waals surface area (Å²) in [7, 11) is 1.85. The molecule has 3 rings (SSSR count). The molecule has 5 heteroatoms. The fourth-order valence-corrected chi connectivity index (χ4v) is 3.10. The first-order chi connectivity index (χ1) is 10.1. The summed E-state index contributed by atoms with van der Waals surface area (Å²) in [5, 5.41) is 15.5. The van der Waals surface area contributed by atoms with Gasteiger partial charge in [0.2, 0.25) is 0 Å². The van der Waals surface area contributed by atoms with E-state index in [9.17, 15) is 5.11 Å². The number of nitrogens with zero attached hydrogens (tertiary/aromatic N) is 2. The van der Waals surface area contributed by atoms with Crippen LogP contribution in [0.2, 0.25) is 5.02 Å². The second kappa shape index (κ2) is 5.70. The molecule has 1 aliphatic heterocycles. The van der Waals surface area contributed by atoms with Crippen LogP contribution in [0.4, 0.5) is 0 Å². The molecule has 21 heavy (non-hydrogen) atoms. The van der Waals surface area contributed by atoms with Crippen LogP contribution in [0.25, 0.3) is 0 Å². The molecule has 0 bridgehead atoms. The van der Waals surface area contributed by atoms with Crippen molar-refractivity contribution in [2.45, 2.75) is 25.9 Å². The van der Waals surface area contributed by atoms with Crippen LogP contribution in [0, 0.1) is 12.8 Å². The number of ether oxygens (including phenoxy) is 1. The Bertz CT molecular complexity index is 654. The zero-order valence-corrected chi connectivity index (χ0v) is 13.0. The number of para-hydroxylation sites is 1. The molecule has 4 nitrogen and oxygen atoms in total. The quantitative estimate of drug-likeness (QED) is 0.948. The van der Waals surface area contributed by atoms with Crippen molar-refractivity contribution in [1.82, 2.24) is 9.78 Å². The summed E-state index contributed by atoms with van der Waals surface area (Å²) in [4.78, 5) is 0. The van der Waals surface area contributed by atoms with Gasteiger partial charge in [-0.3, -0.25) is 4.68 Å². The van der Waals surface area contributed by atoms with Crippen LogP contribution in [-0.4, -0.2) is 27.6 Å². The van der Waals surface area contributed by atoms with Gasteiger partial charge in [0, 0.05) is 19.4 Å². The number of hydrogen-bond donors (Lipinski definition) is 1. The summed E-state index contributed by atoms with van der Waals surface area (Å²) in [6.07, 6.45) is 0.823. The van der Waals surface area contributed by atoms with E-state index in [1.54, 1.807) is 4.68 Å². The number of aryl methyl sites for hydroxylation is 2. The number of benzene rings is 1. The fraction of sp³-hybridized carbons (Fsp3) is 0.438. The largest absolute Gasteiger partial charge is 0.493 e. The van der Waals surface area contributed by atoms with Gasteiger partial charge >= 0.3 is 0 Å². The van der Waals surface area contributed by atoms with E-state index in [0.717, 1.165) is 29.1 Å². The van der Waals surface area contributed by atoms with Gasteiger partial charge in [0.25, 0.3) is 0 Å². The maximum Gasteiger partial charge on any atom is 0.122 e. The summed E-state index contributed by atoms with van der Waals surface area (Å²) in [6.45, 7) is 2.41. The van der Waals surface area contributed by atoms with Crippen molar-refractivity contribution in [2.24, 2.45) is 13.0 Å². The molecule has 0 spiro atoms. The average molecular weight is 307 g/mol. The molecule has 0 aliphatic carbocycles. The molecular weight excluding hydrogens is 288 g/mol. The smallest absolute Gasteiger partial charge is 0.122 e. The Morgan fingerprint density at radius 3 is 2.95 bits per heavy atom. The van der Waals surface area contributed by atoms with Crippen molar-refractivity contribution in [3.8, 4) is 5.75 Å². The van der Waals surface area contributed by atoms with Gasteiger partial charge in [-0.2, -0.15) is 5.10 Å². The van der Waals surface area contributed by atoms with E-state index in [0.29, 0.717) is 18.1 Å². The Labute approximate surface area is 129 Å². The predicted molar refractivity (Wildman–Crippen MR) is 81.8 cm³/mol. The van der Waals surface area contributed by atoms with Crippen molar-refractivity contribution < 1.29 is 9.84 Å². The number of rotatable bonds is 3. The molecule has 1 aromatic heterocycles. The van der Waals surface area contributed by atoms with Crippen LogP contribution in [0.15, 0.2) is 24.3 Å². The van der Waals surface area contributed by atoms with Gasteiger partial charge in [0.1, 0.15) is 5.75 Å². The van der Waals surface area contributed by atoms with Gasteiger partial charge in [-0.15, -0.1) is 0 Å². The molecule has 0 amide bonds. The second-order valence-electron chi connectivity index (χ2n) is 5.62. The highest BCUT2D eigenvalue weighted by Gasteiger charge is 2.27. The average Bonchev–Trinajstić information content (AvgIpc) is 2.73. The number of halogens is 1. The van der Waals surface area contributed by atoms with Crippen molar-refractivity contribution in [1.29, 1.82) is 0 Å². The number of aliphatic hydroxyl groups excluding tert-OH is 1. The lowest BCUT2D eigenvalue weighted by atomic mass is 9.90.